The minimum atomic E-state index is 1.29. The fraction of sp³-hybridized carbons (Fsp3) is 0.333. The zero-order valence-electron chi connectivity index (χ0n) is 5.43. The summed E-state index contributed by atoms with van der Waals surface area (Å²) in [6.45, 7) is 0. The fourth-order valence-corrected chi connectivity index (χ4v) is 1.44. The highest BCUT2D eigenvalue weighted by atomic mass is 14.1. The average Bonchev–Trinajstić information content (AvgIpc) is 1.88. The van der Waals surface area contributed by atoms with Gasteiger partial charge in [-0.15, -0.1) is 0 Å². The van der Waals surface area contributed by atoms with E-state index in [2.05, 4.69) is 24.3 Å². The van der Waals surface area contributed by atoms with Crippen molar-refractivity contribution < 1.29 is 0 Å². The van der Waals surface area contributed by atoms with Crippen LogP contribution in [0, 0.1) is 0 Å². The lowest BCUT2D eigenvalue weighted by atomic mass is 9.96. The Morgan fingerprint density at radius 2 is 1.67 bits per heavy atom. The molecule has 0 saturated carbocycles. The Labute approximate surface area is 55.5 Å². The summed E-state index contributed by atoms with van der Waals surface area (Å²) in [6, 6.07) is 8.89. The highest BCUT2D eigenvalue weighted by Gasteiger charge is 2.01. The van der Waals surface area contributed by atoms with E-state index in [-0.39, 0.29) is 0 Å². The Morgan fingerprint density at radius 1 is 1.00 bits per heavy atom. The van der Waals surface area contributed by atoms with E-state index in [0.29, 0.717) is 0 Å². The standard InChI is InChI=1S/C9H10/c1-3-8-5-2-6-9(4-1)7-8/h1,3-4,7H,2,5-6H2. The summed E-state index contributed by atoms with van der Waals surface area (Å²) in [5.74, 6) is 0. The van der Waals surface area contributed by atoms with Crippen LogP contribution in [-0.4, -0.2) is 0 Å². The van der Waals surface area contributed by atoms with Crippen LogP contribution in [0.5, 0.6) is 0 Å². The van der Waals surface area contributed by atoms with Gasteiger partial charge in [0, 0.05) is 0 Å². The van der Waals surface area contributed by atoms with Gasteiger partial charge >= 0.3 is 0 Å². The Kier molecular flexibility index (Phi) is 1.05. The van der Waals surface area contributed by atoms with Crippen molar-refractivity contribution in [2.24, 2.45) is 0 Å². The second kappa shape index (κ2) is 1.87. The lowest BCUT2D eigenvalue weighted by Gasteiger charge is -2.10. The minimum absolute atomic E-state index is 1.29. The molecule has 1 aliphatic carbocycles. The summed E-state index contributed by atoms with van der Waals surface area (Å²) in [6.07, 6.45) is 3.92. The molecule has 0 spiro atoms. The SMILES string of the molecule is c1cc2cc(c1)CCC2. The van der Waals surface area contributed by atoms with Crippen molar-refractivity contribution in [3.05, 3.63) is 35.4 Å². The van der Waals surface area contributed by atoms with Gasteiger partial charge in [-0.25, -0.2) is 0 Å². The van der Waals surface area contributed by atoms with Crippen LogP contribution < -0.4 is 0 Å². The number of rotatable bonds is 0. The maximum Gasteiger partial charge on any atom is -0.0276 e. The Balaban J connectivity index is 2.53. The van der Waals surface area contributed by atoms with Gasteiger partial charge < -0.3 is 0 Å². The van der Waals surface area contributed by atoms with Crippen LogP contribution in [0.3, 0.4) is 0 Å². The van der Waals surface area contributed by atoms with Gasteiger partial charge in [-0.2, -0.15) is 0 Å². The van der Waals surface area contributed by atoms with E-state index in [9.17, 15) is 0 Å². The molecule has 0 nitrogen and oxygen atoms in total. The average molecular weight is 118 g/mol. The van der Waals surface area contributed by atoms with Gasteiger partial charge in [0.2, 0.25) is 0 Å². The molecule has 1 aromatic carbocycles. The van der Waals surface area contributed by atoms with Gasteiger partial charge in [0.05, 0.1) is 0 Å². The van der Waals surface area contributed by atoms with Crippen LogP contribution in [0.2, 0.25) is 0 Å². The maximum absolute atomic E-state index is 2.31. The molecule has 2 bridgehead atoms. The molecule has 0 unspecified atom stereocenters. The molecular formula is C9H10. The fourth-order valence-electron chi connectivity index (χ4n) is 1.44. The predicted octanol–water partition coefficient (Wildman–Crippen LogP) is 2.18. The summed E-state index contributed by atoms with van der Waals surface area (Å²) in [7, 11) is 0. The summed E-state index contributed by atoms with van der Waals surface area (Å²) in [4.78, 5) is 0. The van der Waals surface area contributed by atoms with Crippen LogP contribution in [0.4, 0.5) is 0 Å². The topological polar surface area (TPSA) is 0 Å². The van der Waals surface area contributed by atoms with E-state index < -0.39 is 0 Å². The Hall–Kier alpha value is -0.780. The van der Waals surface area contributed by atoms with Crippen molar-refractivity contribution in [3.8, 4) is 0 Å². The number of aryl methyl sites for hydroxylation is 2. The molecule has 2 rings (SSSR count). The van der Waals surface area contributed by atoms with Gasteiger partial charge in [-0.3, -0.25) is 0 Å². The molecule has 0 N–H and O–H groups in total. The van der Waals surface area contributed by atoms with Crippen molar-refractivity contribution in [1.29, 1.82) is 0 Å². The van der Waals surface area contributed by atoms with Crippen LogP contribution in [0.25, 0.3) is 0 Å². The Bertz CT molecular complexity index is 194. The van der Waals surface area contributed by atoms with Crippen LogP contribution in [-0.2, 0) is 12.8 Å². The first-order chi connectivity index (χ1) is 4.45. The molecule has 0 atom stereocenters. The van der Waals surface area contributed by atoms with Crippen LogP contribution in [0.15, 0.2) is 24.3 Å². The highest BCUT2D eigenvalue weighted by Crippen LogP contribution is 2.15. The van der Waals surface area contributed by atoms with E-state index in [1.54, 1.807) is 0 Å². The van der Waals surface area contributed by atoms with E-state index in [1.165, 1.54) is 30.4 Å². The first kappa shape index (κ1) is 5.04. The van der Waals surface area contributed by atoms with E-state index in [0.717, 1.165) is 0 Å². The number of hydrogen-bond acceptors (Lipinski definition) is 0. The predicted molar refractivity (Wildman–Crippen MR) is 38.5 cm³/mol. The third-order valence-electron chi connectivity index (χ3n) is 1.92. The molecule has 1 aromatic rings. The Morgan fingerprint density at radius 3 is 2.22 bits per heavy atom. The van der Waals surface area contributed by atoms with Crippen molar-refractivity contribution in [1.82, 2.24) is 0 Å². The second-order valence-electron chi connectivity index (χ2n) is 2.67. The lowest BCUT2D eigenvalue weighted by Crippen LogP contribution is -1.97. The van der Waals surface area contributed by atoms with Gasteiger partial charge in [0.25, 0.3) is 0 Å². The van der Waals surface area contributed by atoms with Gasteiger partial charge in [0.15, 0.2) is 0 Å². The zero-order valence-corrected chi connectivity index (χ0v) is 5.43. The first-order valence-electron chi connectivity index (χ1n) is 3.53. The molecular weight excluding hydrogens is 108 g/mol. The molecule has 0 saturated heterocycles. The molecule has 1 aliphatic rings. The normalized spacial score (nSPS) is 15.6. The van der Waals surface area contributed by atoms with E-state index >= 15 is 0 Å². The van der Waals surface area contributed by atoms with E-state index in [1.807, 2.05) is 0 Å². The molecule has 0 heteroatoms. The smallest absolute Gasteiger partial charge is 0.0276 e. The molecule has 0 fully saturated rings. The first-order valence-corrected chi connectivity index (χ1v) is 3.53. The van der Waals surface area contributed by atoms with Crippen LogP contribution >= 0.6 is 0 Å². The number of benzene rings is 1. The number of fused-ring (bicyclic) bond motifs is 2. The van der Waals surface area contributed by atoms with Crippen molar-refractivity contribution >= 4 is 0 Å². The van der Waals surface area contributed by atoms with Gasteiger partial charge in [-0.1, -0.05) is 24.3 Å². The quantitative estimate of drug-likeness (QED) is 0.489. The molecule has 0 aromatic heterocycles. The van der Waals surface area contributed by atoms with Crippen LogP contribution in [0.1, 0.15) is 17.5 Å². The molecule has 0 heterocycles. The number of hydrogen-bond donors (Lipinski definition) is 0. The summed E-state index contributed by atoms with van der Waals surface area (Å²) in [5.41, 5.74) is 3.03. The maximum atomic E-state index is 2.31. The molecule has 0 amide bonds. The minimum Gasteiger partial charge on any atom is -0.0617 e. The van der Waals surface area contributed by atoms with Gasteiger partial charge in [0.1, 0.15) is 0 Å². The molecule has 46 valence electrons. The zero-order chi connectivity index (χ0) is 6.10. The third kappa shape index (κ3) is 0.849. The molecule has 9 heavy (non-hydrogen) atoms. The monoisotopic (exact) mass is 118 g/mol. The lowest BCUT2D eigenvalue weighted by molar-refractivity contribution is 0.789. The van der Waals surface area contributed by atoms with Crippen molar-refractivity contribution in [3.63, 3.8) is 0 Å². The van der Waals surface area contributed by atoms with E-state index in [4.69, 9.17) is 0 Å². The highest BCUT2D eigenvalue weighted by molar-refractivity contribution is 5.26. The second-order valence-corrected chi connectivity index (χ2v) is 2.67. The van der Waals surface area contributed by atoms with Gasteiger partial charge in [-0.05, 0) is 30.4 Å². The summed E-state index contributed by atoms with van der Waals surface area (Å²) < 4.78 is 0. The van der Waals surface area contributed by atoms with Crippen molar-refractivity contribution in [2.45, 2.75) is 19.3 Å². The van der Waals surface area contributed by atoms with Crippen molar-refractivity contribution in [2.75, 3.05) is 0 Å². The molecule has 0 radical (unpaired) electrons. The summed E-state index contributed by atoms with van der Waals surface area (Å²) in [5, 5.41) is 0. The molecule has 0 aliphatic heterocycles. The largest absolute Gasteiger partial charge is 0.0617 e. The third-order valence-corrected chi connectivity index (χ3v) is 1.92. The summed E-state index contributed by atoms with van der Waals surface area (Å²) >= 11 is 0.